The van der Waals surface area contributed by atoms with Crippen LogP contribution in [0.25, 0.3) is 11.3 Å². The van der Waals surface area contributed by atoms with Crippen molar-refractivity contribution >= 4 is 21.4 Å². The molecule has 30 heavy (non-hydrogen) atoms. The minimum absolute atomic E-state index is 0.0788. The molecular formula is C20H20N4O5S. The maximum atomic E-state index is 12.6. The molecule has 0 fully saturated rings. The average molecular weight is 428 g/mol. The van der Waals surface area contributed by atoms with Gasteiger partial charge in [0.15, 0.2) is 0 Å². The van der Waals surface area contributed by atoms with E-state index in [2.05, 4.69) is 14.9 Å². The topological polar surface area (TPSA) is 124 Å². The summed E-state index contributed by atoms with van der Waals surface area (Å²) in [6, 6.07) is 14.8. The number of aromatic nitrogens is 2. The highest BCUT2D eigenvalue weighted by atomic mass is 32.2. The molecular weight excluding hydrogens is 408 g/mol. The number of hydrogen-bond acceptors (Lipinski definition) is 7. The Morgan fingerprint density at radius 1 is 1.07 bits per heavy atom. The molecule has 1 aromatic heterocycles. The molecule has 0 bridgehead atoms. The van der Waals surface area contributed by atoms with Gasteiger partial charge in [0, 0.05) is 29.4 Å². The molecule has 0 radical (unpaired) electrons. The molecule has 0 amide bonds. The number of nitro benzene ring substituents is 1. The van der Waals surface area contributed by atoms with Crippen molar-refractivity contribution in [3.8, 4) is 17.1 Å². The number of hydrogen-bond donors (Lipinski definition) is 1. The zero-order valence-corrected chi connectivity index (χ0v) is 17.2. The van der Waals surface area contributed by atoms with Crippen LogP contribution in [0.3, 0.4) is 0 Å². The van der Waals surface area contributed by atoms with E-state index in [9.17, 15) is 18.5 Å². The molecule has 0 atom stereocenters. The first-order chi connectivity index (χ1) is 14.2. The molecule has 1 heterocycles. The van der Waals surface area contributed by atoms with Crippen molar-refractivity contribution in [2.45, 2.75) is 18.7 Å². The predicted octanol–water partition coefficient (Wildman–Crippen LogP) is 3.89. The summed E-state index contributed by atoms with van der Waals surface area (Å²) in [4.78, 5) is 10.1. The van der Waals surface area contributed by atoms with Gasteiger partial charge in [-0.3, -0.25) is 14.8 Å². The van der Waals surface area contributed by atoms with Crippen LogP contribution in [0.1, 0.15) is 13.8 Å². The molecule has 3 aromatic rings. The summed E-state index contributed by atoms with van der Waals surface area (Å²) in [5.74, 6) is 0.786. The lowest BCUT2D eigenvalue weighted by atomic mass is 10.1. The minimum Gasteiger partial charge on any atom is -0.476 e. The summed E-state index contributed by atoms with van der Waals surface area (Å²) >= 11 is 0. The van der Waals surface area contributed by atoms with E-state index in [0.29, 0.717) is 35.3 Å². The van der Waals surface area contributed by atoms with Crippen LogP contribution in [0.5, 0.6) is 5.88 Å². The highest BCUT2D eigenvalue weighted by Crippen LogP contribution is 2.24. The zero-order chi connectivity index (χ0) is 21.7. The number of rotatable bonds is 8. The van der Waals surface area contributed by atoms with E-state index in [1.165, 1.54) is 12.1 Å². The maximum Gasteiger partial charge on any atom is 0.269 e. The fourth-order valence-corrected chi connectivity index (χ4v) is 3.56. The fourth-order valence-electron chi connectivity index (χ4n) is 2.51. The van der Waals surface area contributed by atoms with Crippen molar-refractivity contribution in [1.82, 2.24) is 10.2 Å². The third-order valence-electron chi connectivity index (χ3n) is 3.97. The lowest BCUT2D eigenvalue weighted by Gasteiger charge is -2.10. The van der Waals surface area contributed by atoms with E-state index >= 15 is 0 Å². The Hall–Kier alpha value is -3.53. The lowest BCUT2D eigenvalue weighted by molar-refractivity contribution is -0.384. The Labute approximate surface area is 173 Å². The van der Waals surface area contributed by atoms with Crippen LogP contribution in [0.2, 0.25) is 0 Å². The normalized spacial score (nSPS) is 11.3. The number of nitrogens with one attached hydrogen (secondary N) is 1. The van der Waals surface area contributed by atoms with E-state index in [1.807, 2.05) is 13.8 Å². The van der Waals surface area contributed by atoms with Crippen LogP contribution in [0.15, 0.2) is 65.6 Å². The first kappa shape index (κ1) is 21.2. The first-order valence-corrected chi connectivity index (χ1v) is 10.6. The lowest BCUT2D eigenvalue weighted by Crippen LogP contribution is -2.13. The molecule has 10 heteroatoms. The van der Waals surface area contributed by atoms with Gasteiger partial charge in [-0.15, -0.1) is 10.2 Å². The van der Waals surface area contributed by atoms with Gasteiger partial charge in [-0.2, -0.15) is 0 Å². The Bertz CT molecular complexity index is 1130. The van der Waals surface area contributed by atoms with Gasteiger partial charge < -0.3 is 4.74 Å². The van der Waals surface area contributed by atoms with Gasteiger partial charge in [0.1, 0.15) is 0 Å². The number of nitrogens with zero attached hydrogens (tertiary/aromatic N) is 3. The van der Waals surface area contributed by atoms with E-state index in [-0.39, 0.29) is 10.6 Å². The minimum atomic E-state index is -3.91. The summed E-state index contributed by atoms with van der Waals surface area (Å²) in [6.45, 7) is 4.60. The Morgan fingerprint density at radius 2 is 1.80 bits per heavy atom. The summed E-state index contributed by atoms with van der Waals surface area (Å²) in [5, 5.41) is 18.9. The number of ether oxygens (including phenoxy) is 1. The smallest absolute Gasteiger partial charge is 0.269 e. The van der Waals surface area contributed by atoms with Crippen molar-refractivity contribution in [3.05, 3.63) is 70.8 Å². The van der Waals surface area contributed by atoms with E-state index in [0.717, 1.165) is 12.1 Å². The molecule has 2 aromatic carbocycles. The van der Waals surface area contributed by atoms with Gasteiger partial charge in [0.25, 0.3) is 15.7 Å². The van der Waals surface area contributed by atoms with E-state index < -0.39 is 14.9 Å². The molecule has 156 valence electrons. The number of sulfonamides is 1. The average Bonchev–Trinajstić information content (AvgIpc) is 2.72. The standard InChI is InChI=1S/C20H20N4O5S/c1-14(2)13-29-20-11-10-19(21-22-20)15-4-3-5-16(12-15)23-30(27,28)18-8-6-17(7-9-18)24(25)26/h3-12,14,23H,13H2,1-2H3. The van der Waals surface area contributed by atoms with Crippen LogP contribution in [-0.2, 0) is 10.0 Å². The monoisotopic (exact) mass is 428 g/mol. The summed E-state index contributed by atoms with van der Waals surface area (Å²) in [7, 11) is -3.91. The van der Waals surface area contributed by atoms with Crippen molar-refractivity contribution in [2.24, 2.45) is 5.92 Å². The van der Waals surface area contributed by atoms with E-state index in [1.54, 1.807) is 36.4 Å². The molecule has 0 spiro atoms. The van der Waals surface area contributed by atoms with Crippen LogP contribution >= 0.6 is 0 Å². The largest absolute Gasteiger partial charge is 0.476 e. The maximum absolute atomic E-state index is 12.6. The molecule has 1 N–H and O–H groups in total. The SMILES string of the molecule is CC(C)COc1ccc(-c2cccc(NS(=O)(=O)c3ccc([N+](=O)[O-])cc3)c2)nn1. The van der Waals surface area contributed by atoms with Crippen molar-refractivity contribution in [2.75, 3.05) is 11.3 Å². The molecule has 0 saturated heterocycles. The second kappa shape index (κ2) is 8.87. The molecule has 3 rings (SSSR count). The number of benzene rings is 2. The number of anilines is 1. The molecule has 9 nitrogen and oxygen atoms in total. The number of non-ortho nitro benzene ring substituents is 1. The van der Waals surface area contributed by atoms with Crippen LogP contribution in [0, 0.1) is 16.0 Å². The third kappa shape index (κ3) is 5.29. The second-order valence-corrected chi connectivity index (χ2v) is 8.58. The highest BCUT2D eigenvalue weighted by Gasteiger charge is 2.16. The summed E-state index contributed by atoms with van der Waals surface area (Å²) < 4.78 is 33.1. The van der Waals surface area contributed by atoms with Gasteiger partial charge in [-0.1, -0.05) is 26.0 Å². The van der Waals surface area contributed by atoms with Crippen molar-refractivity contribution in [3.63, 3.8) is 0 Å². The van der Waals surface area contributed by atoms with Gasteiger partial charge in [-0.05, 0) is 36.2 Å². The van der Waals surface area contributed by atoms with Crippen LogP contribution in [-0.4, -0.2) is 30.1 Å². The third-order valence-corrected chi connectivity index (χ3v) is 5.37. The van der Waals surface area contributed by atoms with Gasteiger partial charge in [0.2, 0.25) is 5.88 Å². The van der Waals surface area contributed by atoms with Crippen molar-refractivity contribution in [1.29, 1.82) is 0 Å². The van der Waals surface area contributed by atoms with Crippen LogP contribution in [0.4, 0.5) is 11.4 Å². The second-order valence-electron chi connectivity index (χ2n) is 6.90. The Balaban J connectivity index is 1.77. The quantitative estimate of drug-likeness (QED) is 0.426. The predicted molar refractivity (Wildman–Crippen MR) is 112 cm³/mol. The molecule has 0 aliphatic carbocycles. The highest BCUT2D eigenvalue weighted by molar-refractivity contribution is 7.92. The first-order valence-electron chi connectivity index (χ1n) is 9.09. The van der Waals surface area contributed by atoms with Gasteiger partial charge >= 0.3 is 0 Å². The van der Waals surface area contributed by atoms with Gasteiger partial charge in [-0.25, -0.2) is 8.42 Å². The molecule has 0 unspecified atom stereocenters. The Kier molecular flexibility index (Phi) is 6.26. The molecule has 0 aliphatic heterocycles. The van der Waals surface area contributed by atoms with Crippen LogP contribution < -0.4 is 9.46 Å². The zero-order valence-electron chi connectivity index (χ0n) is 16.3. The molecule has 0 saturated carbocycles. The van der Waals surface area contributed by atoms with Crippen molar-refractivity contribution < 1.29 is 18.1 Å². The van der Waals surface area contributed by atoms with Gasteiger partial charge in [0.05, 0.1) is 22.1 Å². The number of nitro groups is 1. The summed E-state index contributed by atoms with van der Waals surface area (Å²) in [5.41, 5.74) is 1.37. The Morgan fingerprint density at radius 3 is 2.40 bits per heavy atom. The summed E-state index contributed by atoms with van der Waals surface area (Å²) in [6.07, 6.45) is 0. The fraction of sp³-hybridized carbons (Fsp3) is 0.200. The molecule has 0 aliphatic rings. The van der Waals surface area contributed by atoms with E-state index in [4.69, 9.17) is 4.74 Å².